The highest BCUT2D eigenvalue weighted by Crippen LogP contribution is 2.27. The van der Waals surface area contributed by atoms with Crippen LogP contribution in [0.2, 0.25) is 0 Å². The zero-order valence-corrected chi connectivity index (χ0v) is 18.1. The van der Waals surface area contributed by atoms with E-state index in [1.165, 1.54) is 6.42 Å². The van der Waals surface area contributed by atoms with E-state index < -0.39 is 9.84 Å². The fourth-order valence-corrected chi connectivity index (χ4v) is 5.94. The minimum absolute atomic E-state index is 0.0115. The molecule has 4 rings (SSSR count). The van der Waals surface area contributed by atoms with Crippen molar-refractivity contribution in [1.82, 2.24) is 4.90 Å². The summed E-state index contributed by atoms with van der Waals surface area (Å²) in [6, 6.07) is 10.4. The van der Waals surface area contributed by atoms with Gasteiger partial charge in [-0.25, -0.2) is 8.42 Å². The van der Waals surface area contributed by atoms with Gasteiger partial charge in [-0.2, -0.15) is 0 Å². The largest absolute Gasteiger partial charge is 0.497 e. The maximum Gasteiger partial charge on any atom is 0.254 e. The highest BCUT2D eigenvalue weighted by molar-refractivity contribution is 7.91. The van der Waals surface area contributed by atoms with Gasteiger partial charge in [-0.05, 0) is 49.9 Å². The van der Waals surface area contributed by atoms with Gasteiger partial charge in [0.15, 0.2) is 15.7 Å². The molecule has 0 bridgehead atoms. The van der Waals surface area contributed by atoms with Gasteiger partial charge in [0, 0.05) is 30.8 Å². The van der Waals surface area contributed by atoms with E-state index in [9.17, 15) is 13.2 Å². The zero-order chi connectivity index (χ0) is 21.1. The first-order chi connectivity index (χ1) is 14.4. The molecule has 0 saturated carbocycles. The molecule has 8 heteroatoms. The van der Waals surface area contributed by atoms with Crippen LogP contribution in [0.1, 0.15) is 41.8 Å². The Hall–Kier alpha value is -2.48. The second-order valence-electron chi connectivity index (χ2n) is 8.01. The topological polar surface area (TPSA) is 80.1 Å². The number of benzene rings is 1. The van der Waals surface area contributed by atoms with E-state index in [0.29, 0.717) is 23.5 Å². The Bertz CT molecular complexity index is 994. The van der Waals surface area contributed by atoms with Gasteiger partial charge >= 0.3 is 0 Å². The monoisotopic (exact) mass is 432 g/mol. The lowest BCUT2D eigenvalue weighted by atomic mass is 10.1. The third kappa shape index (κ3) is 4.64. The van der Waals surface area contributed by atoms with Crippen LogP contribution >= 0.6 is 0 Å². The predicted octanol–water partition coefficient (Wildman–Crippen LogP) is 3.11. The third-order valence-corrected chi connectivity index (χ3v) is 7.62. The van der Waals surface area contributed by atoms with Crippen molar-refractivity contribution in [3.8, 4) is 5.75 Å². The summed E-state index contributed by atoms with van der Waals surface area (Å²) in [7, 11) is -1.58. The Kier molecular flexibility index (Phi) is 6.04. The number of piperidine rings is 1. The van der Waals surface area contributed by atoms with Gasteiger partial charge in [-0.15, -0.1) is 0 Å². The SMILES string of the molecule is COc1cccc(C(=O)N(Cc2ccc(N3CCCCC3)o2)C2CCS(=O)(=O)C2)c1. The van der Waals surface area contributed by atoms with E-state index in [1.807, 2.05) is 12.1 Å². The molecule has 2 saturated heterocycles. The van der Waals surface area contributed by atoms with Crippen LogP contribution in [0, 0.1) is 0 Å². The minimum Gasteiger partial charge on any atom is -0.497 e. The van der Waals surface area contributed by atoms with Crippen LogP contribution < -0.4 is 9.64 Å². The first-order valence-corrected chi connectivity index (χ1v) is 12.3. The number of ether oxygens (including phenoxy) is 1. The van der Waals surface area contributed by atoms with Crippen LogP contribution in [0.3, 0.4) is 0 Å². The zero-order valence-electron chi connectivity index (χ0n) is 17.2. The number of carbonyl (C=O) groups excluding carboxylic acids is 1. The highest BCUT2D eigenvalue weighted by Gasteiger charge is 2.35. The fourth-order valence-electron chi connectivity index (χ4n) is 4.21. The number of nitrogens with zero attached hydrogens (tertiary/aromatic N) is 2. The molecule has 30 heavy (non-hydrogen) atoms. The molecule has 1 atom stereocenters. The van der Waals surface area contributed by atoms with Crippen LogP contribution in [-0.2, 0) is 16.4 Å². The van der Waals surface area contributed by atoms with Gasteiger partial charge in [0.2, 0.25) is 0 Å². The molecule has 0 radical (unpaired) electrons. The van der Waals surface area contributed by atoms with Crippen LogP contribution in [0.4, 0.5) is 5.88 Å². The number of furan rings is 1. The molecule has 3 heterocycles. The molecule has 2 aliphatic rings. The standard InChI is InChI=1S/C22H28N2O5S/c1-28-19-7-5-6-17(14-19)22(25)24(18-10-13-30(26,27)16-18)15-20-8-9-21(29-20)23-11-3-2-4-12-23/h5-9,14,18H,2-4,10-13,15-16H2,1H3. The molecule has 2 aromatic rings. The van der Waals surface area contributed by atoms with Crippen LogP contribution in [0.25, 0.3) is 0 Å². The smallest absolute Gasteiger partial charge is 0.254 e. The lowest BCUT2D eigenvalue weighted by Gasteiger charge is -2.28. The maximum absolute atomic E-state index is 13.3. The number of methoxy groups -OCH3 is 1. The lowest BCUT2D eigenvalue weighted by Crippen LogP contribution is -2.40. The van der Waals surface area contributed by atoms with Crippen LogP contribution in [-0.4, -0.2) is 57.0 Å². The van der Waals surface area contributed by atoms with Gasteiger partial charge in [-0.1, -0.05) is 6.07 Å². The number of amides is 1. The summed E-state index contributed by atoms with van der Waals surface area (Å²) in [5, 5.41) is 0. The van der Waals surface area contributed by atoms with E-state index in [1.54, 1.807) is 36.3 Å². The summed E-state index contributed by atoms with van der Waals surface area (Å²) in [4.78, 5) is 17.2. The molecular formula is C22H28N2O5S. The van der Waals surface area contributed by atoms with Gasteiger partial charge in [0.05, 0.1) is 25.2 Å². The molecule has 1 aromatic carbocycles. The third-order valence-electron chi connectivity index (χ3n) is 5.87. The number of anilines is 1. The first-order valence-electron chi connectivity index (χ1n) is 10.4. The normalized spacial score (nSPS) is 20.8. The summed E-state index contributed by atoms with van der Waals surface area (Å²) in [6.07, 6.45) is 3.98. The van der Waals surface area contributed by atoms with Crippen molar-refractivity contribution in [1.29, 1.82) is 0 Å². The molecule has 0 aliphatic carbocycles. The second-order valence-corrected chi connectivity index (χ2v) is 10.2. The summed E-state index contributed by atoms with van der Waals surface area (Å²) in [5.41, 5.74) is 0.474. The van der Waals surface area contributed by atoms with Crippen molar-refractivity contribution < 1.29 is 22.4 Å². The first kappa shape index (κ1) is 20.8. The summed E-state index contributed by atoms with van der Waals surface area (Å²) in [5.74, 6) is 1.95. The number of rotatable bonds is 6. The Morgan fingerprint density at radius 2 is 2.00 bits per heavy atom. The number of hydrogen-bond acceptors (Lipinski definition) is 6. The van der Waals surface area contributed by atoms with Gasteiger partial charge in [0.25, 0.3) is 5.91 Å². The summed E-state index contributed by atoms with van der Waals surface area (Å²) >= 11 is 0. The molecule has 0 N–H and O–H groups in total. The number of carbonyl (C=O) groups is 1. The Morgan fingerprint density at radius 1 is 1.20 bits per heavy atom. The van der Waals surface area contributed by atoms with Gasteiger partial charge < -0.3 is 19.0 Å². The van der Waals surface area contributed by atoms with E-state index in [4.69, 9.17) is 9.15 Å². The van der Waals surface area contributed by atoms with Crippen molar-refractivity contribution in [2.75, 3.05) is 36.6 Å². The van der Waals surface area contributed by atoms with Crippen LogP contribution in [0.15, 0.2) is 40.8 Å². The molecular weight excluding hydrogens is 404 g/mol. The molecule has 1 unspecified atom stereocenters. The van der Waals surface area contributed by atoms with E-state index in [-0.39, 0.29) is 30.0 Å². The van der Waals surface area contributed by atoms with Crippen molar-refractivity contribution >= 4 is 21.6 Å². The molecule has 1 aromatic heterocycles. The molecule has 1 amide bonds. The average molecular weight is 433 g/mol. The van der Waals surface area contributed by atoms with Crippen molar-refractivity contribution in [3.63, 3.8) is 0 Å². The summed E-state index contributed by atoms with van der Waals surface area (Å²) < 4.78 is 35.5. The summed E-state index contributed by atoms with van der Waals surface area (Å²) in [6.45, 7) is 2.19. The second kappa shape index (κ2) is 8.71. The van der Waals surface area contributed by atoms with E-state index in [0.717, 1.165) is 31.8 Å². The van der Waals surface area contributed by atoms with Crippen molar-refractivity contribution in [2.24, 2.45) is 0 Å². The minimum atomic E-state index is -3.13. The van der Waals surface area contributed by atoms with Crippen molar-refractivity contribution in [2.45, 2.75) is 38.3 Å². The number of hydrogen-bond donors (Lipinski definition) is 0. The number of sulfone groups is 1. The van der Waals surface area contributed by atoms with E-state index in [2.05, 4.69) is 4.90 Å². The molecule has 162 valence electrons. The quantitative estimate of drug-likeness (QED) is 0.698. The Morgan fingerprint density at radius 3 is 2.70 bits per heavy atom. The van der Waals surface area contributed by atoms with Crippen molar-refractivity contribution in [3.05, 3.63) is 47.7 Å². The maximum atomic E-state index is 13.3. The lowest BCUT2D eigenvalue weighted by molar-refractivity contribution is 0.0666. The average Bonchev–Trinajstić information content (AvgIpc) is 3.38. The predicted molar refractivity (Wildman–Crippen MR) is 115 cm³/mol. The molecule has 0 spiro atoms. The van der Waals surface area contributed by atoms with Gasteiger partial charge in [0.1, 0.15) is 11.5 Å². The highest BCUT2D eigenvalue weighted by atomic mass is 32.2. The van der Waals surface area contributed by atoms with Gasteiger partial charge in [-0.3, -0.25) is 4.79 Å². The molecule has 2 fully saturated rings. The van der Waals surface area contributed by atoms with Crippen LogP contribution in [0.5, 0.6) is 5.75 Å². The molecule has 7 nitrogen and oxygen atoms in total. The fraction of sp³-hybridized carbons (Fsp3) is 0.500. The van der Waals surface area contributed by atoms with E-state index >= 15 is 0 Å². The molecule has 2 aliphatic heterocycles. The Labute approximate surface area is 177 Å². The Balaban J connectivity index is 1.57.